The molecule has 0 rings (SSSR count). The van der Waals surface area contributed by atoms with Crippen LogP contribution in [0.5, 0.6) is 0 Å². The van der Waals surface area contributed by atoms with E-state index in [9.17, 15) is 14.4 Å². The third-order valence-electron chi connectivity index (χ3n) is 2.11. The summed E-state index contributed by atoms with van der Waals surface area (Å²) < 4.78 is 9.53. The molecule has 0 aliphatic rings. The van der Waals surface area contributed by atoms with E-state index in [1.807, 2.05) is 0 Å². The summed E-state index contributed by atoms with van der Waals surface area (Å²) in [5, 5.41) is 0. The van der Waals surface area contributed by atoms with Crippen molar-refractivity contribution in [1.82, 2.24) is 0 Å². The van der Waals surface area contributed by atoms with Crippen molar-refractivity contribution in [3.63, 3.8) is 0 Å². The van der Waals surface area contributed by atoms with Gasteiger partial charge in [-0.15, -0.1) is 0 Å². The highest BCUT2D eigenvalue weighted by molar-refractivity contribution is 5.87. The normalized spacial score (nSPS) is 12.8. The highest BCUT2D eigenvalue weighted by atomic mass is 16.6. The van der Waals surface area contributed by atoms with Crippen LogP contribution in [0.4, 0.5) is 0 Å². The van der Waals surface area contributed by atoms with Crippen molar-refractivity contribution in [2.24, 2.45) is 5.41 Å². The van der Waals surface area contributed by atoms with E-state index in [4.69, 9.17) is 9.47 Å². The summed E-state index contributed by atoms with van der Waals surface area (Å²) in [6, 6.07) is 0. The number of hydrogen-bond donors (Lipinski definition) is 0. The van der Waals surface area contributed by atoms with Gasteiger partial charge in [0.15, 0.2) is 18.5 Å². The van der Waals surface area contributed by atoms with Crippen molar-refractivity contribution in [3.8, 4) is 0 Å². The van der Waals surface area contributed by atoms with Gasteiger partial charge >= 0.3 is 11.9 Å². The van der Waals surface area contributed by atoms with Crippen molar-refractivity contribution in [1.29, 1.82) is 0 Å². The molecule has 0 fully saturated rings. The van der Waals surface area contributed by atoms with E-state index in [1.165, 1.54) is 6.92 Å². The second-order valence-electron chi connectivity index (χ2n) is 4.77. The van der Waals surface area contributed by atoms with E-state index in [0.717, 1.165) is 0 Å². The van der Waals surface area contributed by atoms with E-state index < -0.39 is 23.5 Å². The lowest BCUT2D eigenvalue weighted by atomic mass is 9.91. The van der Waals surface area contributed by atoms with Gasteiger partial charge in [-0.25, -0.2) is 4.79 Å². The number of Topliss-reactive ketones (excluding diaryl/α,β-unsaturated/α-hetero) is 1. The standard InChI is InChI=1S/C12H20O5/c1-6-10(14)17-8(2)11(15)16-7-9(13)12(3,4)5/h8H,6-7H2,1-5H3. The molecule has 0 aliphatic heterocycles. The molecule has 1 atom stereocenters. The second kappa shape index (κ2) is 6.37. The first-order valence-corrected chi connectivity index (χ1v) is 5.58. The van der Waals surface area contributed by atoms with Crippen molar-refractivity contribution < 1.29 is 23.9 Å². The van der Waals surface area contributed by atoms with Gasteiger partial charge in [0.25, 0.3) is 0 Å². The molecule has 0 aromatic carbocycles. The number of carbonyl (C=O) groups excluding carboxylic acids is 3. The Hall–Kier alpha value is -1.39. The van der Waals surface area contributed by atoms with Gasteiger partial charge < -0.3 is 9.47 Å². The molecule has 0 aromatic heterocycles. The van der Waals surface area contributed by atoms with Crippen molar-refractivity contribution in [2.75, 3.05) is 6.61 Å². The number of esters is 2. The number of ether oxygens (including phenoxy) is 2. The monoisotopic (exact) mass is 244 g/mol. The Bertz CT molecular complexity index is 301. The molecule has 0 saturated carbocycles. The molecule has 5 nitrogen and oxygen atoms in total. The molecule has 0 aromatic rings. The summed E-state index contributed by atoms with van der Waals surface area (Å²) in [5.74, 6) is -1.36. The maximum Gasteiger partial charge on any atom is 0.347 e. The van der Waals surface area contributed by atoms with Crippen LogP contribution in [-0.4, -0.2) is 30.4 Å². The molecule has 0 radical (unpaired) electrons. The van der Waals surface area contributed by atoms with Gasteiger partial charge in [-0.2, -0.15) is 0 Å². The van der Waals surface area contributed by atoms with Gasteiger partial charge in [0.2, 0.25) is 0 Å². The minimum atomic E-state index is -0.977. The van der Waals surface area contributed by atoms with Crippen LogP contribution in [-0.2, 0) is 23.9 Å². The Labute approximate surface area is 101 Å². The van der Waals surface area contributed by atoms with Gasteiger partial charge in [0.05, 0.1) is 0 Å². The Morgan fingerprint density at radius 3 is 2.12 bits per heavy atom. The maximum atomic E-state index is 11.5. The first kappa shape index (κ1) is 15.6. The average molecular weight is 244 g/mol. The fourth-order valence-corrected chi connectivity index (χ4v) is 0.799. The average Bonchev–Trinajstić information content (AvgIpc) is 2.23. The Balaban J connectivity index is 4.11. The second-order valence-corrected chi connectivity index (χ2v) is 4.77. The highest BCUT2D eigenvalue weighted by Crippen LogP contribution is 2.14. The van der Waals surface area contributed by atoms with Crippen LogP contribution in [0.25, 0.3) is 0 Å². The molecule has 0 N–H and O–H groups in total. The SMILES string of the molecule is CCC(=O)OC(C)C(=O)OCC(=O)C(C)(C)C. The molecule has 0 aliphatic carbocycles. The first-order chi connectivity index (χ1) is 7.68. The van der Waals surface area contributed by atoms with Gasteiger partial charge in [-0.05, 0) is 6.92 Å². The van der Waals surface area contributed by atoms with E-state index in [-0.39, 0.29) is 18.8 Å². The summed E-state index contributed by atoms with van der Waals surface area (Å²) in [6.45, 7) is 7.97. The summed E-state index contributed by atoms with van der Waals surface area (Å²) in [5.41, 5.74) is -0.552. The summed E-state index contributed by atoms with van der Waals surface area (Å²) in [6.07, 6.45) is -0.784. The Kier molecular flexibility index (Phi) is 5.85. The predicted octanol–water partition coefficient (Wildman–Crippen LogP) is 1.49. The summed E-state index contributed by atoms with van der Waals surface area (Å²) in [7, 11) is 0. The first-order valence-electron chi connectivity index (χ1n) is 5.58. The number of rotatable bonds is 5. The third kappa shape index (κ3) is 6.04. The number of ketones is 1. The quantitative estimate of drug-likeness (QED) is 0.685. The highest BCUT2D eigenvalue weighted by Gasteiger charge is 2.24. The fraction of sp³-hybridized carbons (Fsp3) is 0.750. The molecule has 1 unspecified atom stereocenters. The molecule has 0 spiro atoms. The van der Waals surface area contributed by atoms with Gasteiger partial charge in [0, 0.05) is 11.8 Å². The lowest BCUT2D eigenvalue weighted by Gasteiger charge is -2.17. The minimum Gasteiger partial charge on any atom is -0.455 e. The van der Waals surface area contributed by atoms with Crippen LogP contribution < -0.4 is 0 Å². The van der Waals surface area contributed by atoms with Crippen molar-refractivity contribution in [2.45, 2.75) is 47.1 Å². The number of carbonyl (C=O) groups is 3. The molecule has 98 valence electrons. The zero-order valence-electron chi connectivity index (χ0n) is 11.0. The summed E-state index contributed by atoms with van der Waals surface area (Å²) >= 11 is 0. The van der Waals surface area contributed by atoms with Gasteiger partial charge in [-0.3, -0.25) is 9.59 Å². The lowest BCUT2D eigenvalue weighted by Crippen LogP contribution is -2.31. The minimum absolute atomic E-state index is 0.181. The molecule has 0 bridgehead atoms. The van der Waals surface area contributed by atoms with Crippen LogP contribution in [0.3, 0.4) is 0 Å². The van der Waals surface area contributed by atoms with Crippen LogP contribution in [0.1, 0.15) is 41.0 Å². The molecule has 5 heteroatoms. The molecule has 0 heterocycles. The topological polar surface area (TPSA) is 69.7 Å². The molecular weight excluding hydrogens is 224 g/mol. The zero-order chi connectivity index (χ0) is 13.6. The molecule has 17 heavy (non-hydrogen) atoms. The number of hydrogen-bond acceptors (Lipinski definition) is 5. The Morgan fingerprint density at radius 1 is 1.18 bits per heavy atom. The third-order valence-corrected chi connectivity index (χ3v) is 2.11. The predicted molar refractivity (Wildman–Crippen MR) is 61.3 cm³/mol. The van der Waals surface area contributed by atoms with Crippen LogP contribution in [0.2, 0.25) is 0 Å². The van der Waals surface area contributed by atoms with Crippen LogP contribution in [0.15, 0.2) is 0 Å². The maximum absolute atomic E-state index is 11.5. The zero-order valence-corrected chi connectivity index (χ0v) is 11.0. The largest absolute Gasteiger partial charge is 0.455 e. The van der Waals surface area contributed by atoms with E-state index >= 15 is 0 Å². The van der Waals surface area contributed by atoms with Crippen molar-refractivity contribution >= 4 is 17.7 Å². The smallest absolute Gasteiger partial charge is 0.347 e. The van der Waals surface area contributed by atoms with Gasteiger partial charge in [0.1, 0.15) is 0 Å². The van der Waals surface area contributed by atoms with Gasteiger partial charge in [-0.1, -0.05) is 27.7 Å². The van der Waals surface area contributed by atoms with E-state index in [2.05, 4.69) is 0 Å². The molecule has 0 amide bonds. The van der Waals surface area contributed by atoms with E-state index in [1.54, 1.807) is 27.7 Å². The summed E-state index contributed by atoms with van der Waals surface area (Å²) in [4.78, 5) is 33.8. The lowest BCUT2D eigenvalue weighted by molar-refractivity contribution is -0.168. The molecular formula is C12H20O5. The van der Waals surface area contributed by atoms with Crippen LogP contribution >= 0.6 is 0 Å². The van der Waals surface area contributed by atoms with Crippen molar-refractivity contribution in [3.05, 3.63) is 0 Å². The van der Waals surface area contributed by atoms with Crippen LogP contribution in [0, 0.1) is 5.41 Å². The van der Waals surface area contributed by atoms with E-state index in [0.29, 0.717) is 0 Å². The fourth-order valence-electron chi connectivity index (χ4n) is 0.799. The Morgan fingerprint density at radius 2 is 1.71 bits per heavy atom. The molecule has 0 saturated heterocycles.